The minimum Gasteiger partial charge on any atom is -0.477 e. The quantitative estimate of drug-likeness (QED) is 0.605. The van der Waals surface area contributed by atoms with Crippen LogP contribution in [0.5, 0.6) is 0 Å². The number of aromatic nitrogens is 1. The molecule has 7 heteroatoms. The predicted octanol–water partition coefficient (Wildman–Crippen LogP) is 4.50. The standard InChI is InChI=1S/C21H20BrFN2O3/c1-3-8-24(2)19-10-18-15(9-17(19)23)20(26)16(21(27)28)12-25(18)11-13-4-6-14(22)7-5-13/h4-7,9-10,12H,3,8,11H2,1-2H3,(H,27,28). The largest absolute Gasteiger partial charge is 0.477 e. The highest BCUT2D eigenvalue weighted by Crippen LogP contribution is 2.25. The van der Waals surface area contributed by atoms with Gasteiger partial charge in [-0.25, -0.2) is 9.18 Å². The number of rotatable bonds is 6. The Bertz CT molecular complexity index is 1090. The summed E-state index contributed by atoms with van der Waals surface area (Å²) in [5.41, 5.74) is 0.743. The van der Waals surface area contributed by atoms with Crippen LogP contribution in [0.4, 0.5) is 10.1 Å². The highest BCUT2D eigenvalue weighted by Gasteiger charge is 2.18. The van der Waals surface area contributed by atoms with Gasteiger partial charge in [0.15, 0.2) is 0 Å². The van der Waals surface area contributed by atoms with Gasteiger partial charge in [-0.2, -0.15) is 0 Å². The van der Waals surface area contributed by atoms with Gasteiger partial charge in [-0.1, -0.05) is 35.0 Å². The van der Waals surface area contributed by atoms with Crippen LogP contribution in [-0.4, -0.2) is 29.2 Å². The van der Waals surface area contributed by atoms with Crippen LogP contribution in [0.15, 0.2) is 51.9 Å². The lowest BCUT2D eigenvalue weighted by Crippen LogP contribution is -2.22. The lowest BCUT2D eigenvalue weighted by atomic mass is 10.1. The molecule has 0 aliphatic carbocycles. The molecule has 28 heavy (non-hydrogen) atoms. The molecule has 0 saturated heterocycles. The molecule has 3 rings (SSSR count). The van der Waals surface area contributed by atoms with Gasteiger partial charge in [0.1, 0.15) is 11.4 Å². The van der Waals surface area contributed by atoms with E-state index in [1.54, 1.807) is 22.6 Å². The molecule has 0 radical (unpaired) electrons. The Hall–Kier alpha value is -2.67. The number of aromatic carboxylic acids is 1. The van der Waals surface area contributed by atoms with Crippen molar-refractivity contribution in [2.45, 2.75) is 19.9 Å². The van der Waals surface area contributed by atoms with Crippen molar-refractivity contribution in [2.24, 2.45) is 0 Å². The first kappa shape index (κ1) is 20.1. The van der Waals surface area contributed by atoms with Gasteiger partial charge in [-0.15, -0.1) is 0 Å². The van der Waals surface area contributed by atoms with E-state index >= 15 is 0 Å². The fourth-order valence-corrected chi connectivity index (χ4v) is 3.48. The molecule has 0 spiro atoms. The molecule has 5 nitrogen and oxygen atoms in total. The lowest BCUT2D eigenvalue weighted by molar-refractivity contribution is 0.0695. The third-order valence-corrected chi connectivity index (χ3v) is 5.14. The fraction of sp³-hybridized carbons (Fsp3) is 0.238. The smallest absolute Gasteiger partial charge is 0.341 e. The number of benzene rings is 2. The summed E-state index contributed by atoms with van der Waals surface area (Å²) < 4.78 is 17.3. The molecule has 0 amide bonds. The molecule has 1 heterocycles. The maximum atomic E-state index is 14.7. The number of carboxylic acid groups (broad SMARTS) is 1. The van der Waals surface area contributed by atoms with Crippen LogP contribution in [0.3, 0.4) is 0 Å². The number of hydrogen-bond acceptors (Lipinski definition) is 3. The van der Waals surface area contributed by atoms with Crippen molar-refractivity contribution < 1.29 is 14.3 Å². The first-order valence-corrected chi connectivity index (χ1v) is 9.66. The number of hydrogen-bond donors (Lipinski definition) is 1. The second-order valence-corrected chi connectivity index (χ2v) is 7.59. The van der Waals surface area contributed by atoms with Gasteiger partial charge in [-0.05, 0) is 36.2 Å². The minimum absolute atomic E-state index is 0.0585. The van der Waals surface area contributed by atoms with E-state index in [-0.39, 0.29) is 10.9 Å². The van der Waals surface area contributed by atoms with E-state index < -0.39 is 17.2 Å². The number of carbonyl (C=O) groups is 1. The first-order chi connectivity index (χ1) is 13.3. The Labute approximate surface area is 170 Å². The zero-order valence-corrected chi connectivity index (χ0v) is 17.2. The van der Waals surface area contributed by atoms with E-state index in [0.29, 0.717) is 24.3 Å². The Morgan fingerprint density at radius 3 is 2.54 bits per heavy atom. The van der Waals surface area contributed by atoms with Crippen molar-refractivity contribution in [3.8, 4) is 0 Å². The summed E-state index contributed by atoms with van der Waals surface area (Å²) in [6.45, 7) is 3.01. The van der Waals surface area contributed by atoms with E-state index in [1.165, 1.54) is 6.20 Å². The summed E-state index contributed by atoms with van der Waals surface area (Å²) >= 11 is 3.39. The van der Waals surface area contributed by atoms with Gasteiger partial charge in [0, 0.05) is 36.2 Å². The van der Waals surface area contributed by atoms with Crippen molar-refractivity contribution in [3.05, 3.63) is 74.2 Å². The van der Waals surface area contributed by atoms with Gasteiger partial charge in [0.25, 0.3) is 0 Å². The number of fused-ring (bicyclic) bond motifs is 1. The molecular weight excluding hydrogens is 427 g/mol. The zero-order chi connectivity index (χ0) is 20.4. The molecule has 1 aromatic heterocycles. The summed E-state index contributed by atoms with van der Waals surface area (Å²) in [7, 11) is 1.79. The summed E-state index contributed by atoms with van der Waals surface area (Å²) in [6.07, 6.45) is 2.17. The molecular formula is C21H20BrFN2O3. The van der Waals surface area contributed by atoms with Crippen molar-refractivity contribution in [3.63, 3.8) is 0 Å². The molecule has 0 aliphatic rings. The molecule has 3 aromatic rings. The fourth-order valence-electron chi connectivity index (χ4n) is 3.22. The van der Waals surface area contributed by atoms with Crippen molar-refractivity contribution in [1.82, 2.24) is 4.57 Å². The summed E-state index contributed by atoms with van der Waals surface area (Å²) in [5.74, 6) is -1.87. The number of carboxylic acids is 1. The van der Waals surface area contributed by atoms with Crippen LogP contribution in [0.2, 0.25) is 0 Å². The van der Waals surface area contributed by atoms with Crippen LogP contribution in [-0.2, 0) is 6.54 Å². The molecule has 0 aliphatic heterocycles. The second kappa shape index (κ2) is 8.14. The van der Waals surface area contributed by atoms with Crippen LogP contribution in [0.1, 0.15) is 29.3 Å². The highest BCUT2D eigenvalue weighted by atomic mass is 79.9. The Morgan fingerprint density at radius 2 is 1.93 bits per heavy atom. The number of halogens is 2. The maximum absolute atomic E-state index is 14.7. The van der Waals surface area contributed by atoms with Crippen molar-refractivity contribution >= 4 is 38.5 Å². The zero-order valence-electron chi connectivity index (χ0n) is 15.6. The number of nitrogens with zero attached hydrogens (tertiary/aromatic N) is 2. The predicted molar refractivity (Wildman–Crippen MR) is 112 cm³/mol. The summed E-state index contributed by atoms with van der Waals surface area (Å²) in [6, 6.07) is 10.3. The molecule has 0 fully saturated rings. The molecule has 0 unspecified atom stereocenters. The number of anilines is 1. The second-order valence-electron chi connectivity index (χ2n) is 6.67. The van der Waals surface area contributed by atoms with Gasteiger partial charge >= 0.3 is 5.97 Å². The Balaban J connectivity index is 2.25. The van der Waals surface area contributed by atoms with Crippen molar-refractivity contribution in [1.29, 1.82) is 0 Å². The van der Waals surface area contributed by atoms with Gasteiger partial charge in [0.2, 0.25) is 5.43 Å². The topological polar surface area (TPSA) is 62.5 Å². The van der Waals surface area contributed by atoms with Crippen LogP contribution in [0.25, 0.3) is 10.9 Å². The third kappa shape index (κ3) is 3.94. The molecule has 0 bridgehead atoms. The Morgan fingerprint density at radius 1 is 1.25 bits per heavy atom. The number of pyridine rings is 1. The monoisotopic (exact) mass is 446 g/mol. The highest BCUT2D eigenvalue weighted by molar-refractivity contribution is 9.10. The van der Waals surface area contributed by atoms with E-state index in [9.17, 15) is 19.1 Å². The molecule has 2 aromatic carbocycles. The molecule has 1 N–H and O–H groups in total. The molecule has 0 atom stereocenters. The maximum Gasteiger partial charge on any atom is 0.341 e. The van der Waals surface area contributed by atoms with Gasteiger partial charge in [0.05, 0.1) is 11.2 Å². The first-order valence-electron chi connectivity index (χ1n) is 8.87. The van der Waals surface area contributed by atoms with Crippen LogP contribution in [0, 0.1) is 5.82 Å². The van der Waals surface area contributed by atoms with E-state index in [4.69, 9.17) is 0 Å². The van der Waals surface area contributed by atoms with Gasteiger partial charge < -0.3 is 14.6 Å². The van der Waals surface area contributed by atoms with Crippen molar-refractivity contribution in [2.75, 3.05) is 18.5 Å². The van der Waals surface area contributed by atoms with E-state index in [2.05, 4.69) is 15.9 Å². The van der Waals surface area contributed by atoms with E-state index in [1.807, 2.05) is 31.2 Å². The normalized spacial score (nSPS) is 11.0. The SMILES string of the molecule is CCCN(C)c1cc2c(cc1F)c(=O)c(C(=O)O)cn2Cc1ccc(Br)cc1. The lowest BCUT2D eigenvalue weighted by Gasteiger charge is -2.21. The molecule has 0 saturated carbocycles. The summed E-state index contributed by atoms with van der Waals surface area (Å²) in [5, 5.41) is 9.47. The van der Waals surface area contributed by atoms with Crippen LogP contribution >= 0.6 is 15.9 Å². The third-order valence-electron chi connectivity index (χ3n) is 4.62. The Kier molecular flexibility index (Phi) is 5.84. The average Bonchev–Trinajstić information content (AvgIpc) is 2.65. The minimum atomic E-state index is -1.33. The summed E-state index contributed by atoms with van der Waals surface area (Å²) in [4.78, 5) is 25.9. The molecule has 146 valence electrons. The van der Waals surface area contributed by atoms with E-state index in [0.717, 1.165) is 22.5 Å². The van der Waals surface area contributed by atoms with Gasteiger partial charge in [-0.3, -0.25) is 4.79 Å². The average molecular weight is 447 g/mol. The van der Waals surface area contributed by atoms with Crippen LogP contribution < -0.4 is 10.3 Å².